The topological polar surface area (TPSA) is 38.7 Å². The maximum atomic E-state index is 10.5. The number of isocyanates is 1. The maximum Gasteiger partial charge on any atom is 0.235 e. The van der Waals surface area contributed by atoms with Crippen LogP contribution in [0.4, 0.5) is 0 Å². The van der Waals surface area contributed by atoms with Crippen molar-refractivity contribution in [3.8, 4) is 0 Å². The predicted molar refractivity (Wildman–Crippen MR) is 65.5 cm³/mol. The van der Waals surface area contributed by atoms with Gasteiger partial charge in [-0.1, -0.05) is 24.3 Å². The fourth-order valence-electron chi connectivity index (χ4n) is 1.97. The molecular weight excluding hydrogens is 214 g/mol. The van der Waals surface area contributed by atoms with Crippen LogP contribution < -0.4 is 0 Å². The van der Waals surface area contributed by atoms with E-state index in [2.05, 4.69) is 11.1 Å². The zero-order valence-corrected chi connectivity index (χ0v) is 10.5. The summed E-state index contributed by atoms with van der Waals surface area (Å²) in [6.07, 6.45) is 3.54. The van der Waals surface area contributed by atoms with Crippen LogP contribution >= 0.6 is 0 Å². The first-order valence-electron chi connectivity index (χ1n) is 5.79. The lowest BCUT2D eigenvalue weighted by molar-refractivity contribution is 0.0191. The van der Waals surface area contributed by atoms with Crippen molar-refractivity contribution >= 4 is 6.08 Å². The van der Waals surface area contributed by atoms with Gasteiger partial charge in [0.05, 0.1) is 11.1 Å². The summed E-state index contributed by atoms with van der Waals surface area (Å²) in [6.45, 7) is 4.04. The highest BCUT2D eigenvalue weighted by atomic mass is 16.5. The Kier molecular flexibility index (Phi) is 2.90. The van der Waals surface area contributed by atoms with Crippen LogP contribution in [0, 0.1) is 0 Å². The summed E-state index contributed by atoms with van der Waals surface area (Å²) in [7, 11) is 1.70. The fraction of sp³-hybridized carbons (Fsp3) is 0.500. The van der Waals surface area contributed by atoms with Gasteiger partial charge in [-0.3, -0.25) is 0 Å². The van der Waals surface area contributed by atoms with E-state index in [0.717, 1.165) is 24.0 Å². The Balaban J connectivity index is 2.39. The van der Waals surface area contributed by atoms with E-state index in [1.54, 1.807) is 13.2 Å². The van der Waals surface area contributed by atoms with Crippen molar-refractivity contribution in [2.45, 2.75) is 37.8 Å². The van der Waals surface area contributed by atoms with Crippen LogP contribution in [0.2, 0.25) is 0 Å². The van der Waals surface area contributed by atoms with Crippen LogP contribution in [0.25, 0.3) is 0 Å². The van der Waals surface area contributed by atoms with Crippen molar-refractivity contribution in [1.29, 1.82) is 0 Å². The SMILES string of the molecule is COC(C)(C)c1cccc(C2(N=C=O)CC2)c1. The molecule has 1 aromatic carbocycles. The Labute approximate surface area is 102 Å². The average Bonchev–Trinajstić information content (AvgIpc) is 3.11. The monoisotopic (exact) mass is 231 g/mol. The first kappa shape index (κ1) is 12.0. The molecule has 1 fully saturated rings. The molecule has 0 bridgehead atoms. The molecule has 1 saturated carbocycles. The highest BCUT2D eigenvalue weighted by molar-refractivity contribution is 5.42. The molecule has 1 aliphatic rings. The second-order valence-electron chi connectivity index (χ2n) is 5.03. The van der Waals surface area contributed by atoms with Crippen molar-refractivity contribution in [3.63, 3.8) is 0 Å². The lowest BCUT2D eigenvalue weighted by atomic mass is 9.93. The predicted octanol–water partition coefficient (Wildman–Crippen LogP) is 2.89. The van der Waals surface area contributed by atoms with Gasteiger partial charge >= 0.3 is 0 Å². The molecule has 3 nitrogen and oxygen atoms in total. The maximum absolute atomic E-state index is 10.5. The molecule has 1 aliphatic carbocycles. The van der Waals surface area contributed by atoms with Gasteiger partial charge in [0, 0.05) is 7.11 Å². The zero-order chi connectivity index (χ0) is 12.5. The Morgan fingerprint density at radius 2 is 2.12 bits per heavy atom. The van der Waals surface area contributed by atoms with Crippen LogP contribution in [0.1, 0.15) is 37.8 Å². The molecule has 0 heterocycles. The molecule has 2 rings (SSSR count). The number of aliphatic imine (C=N–C) groups is 1. The second kappa shape index (κ2) is 4.10. The van der Waals surface area contributed by atoms with Gasteiger partial charge in [0.15, 0.2) is 0 Å². The smallest absolute Gasteiger partial charge is 0.235 e. The molecule has 3 heteroatoms. The van der Waals surface area contributed by atoms with Gasteiger partial charge in [-0.15, -0.1) is 0 Å². The van der Waals surface area contributed by atoms with Crippen LogP contribution in [-0.4, -0.2) is 13.2 Å². The van der Waals surface area contributed by atoms with E-state index < -0.39 is 0 Å². The third-order valence-corrected chi connectivity index (χ3v) is 3.59. The largest absolute Gasteiger partial charge is 0.374 e. The van der Waals surface area contributed by atoms with Crippen molar-refractivity contribution < 1.29 is 9.53 Å². The Morgan fingerprint density at radius 3 is 2.65 bits per heavy atom. The first-order chi connectivity index (χ1) is 8.04. The molecule has 0 saturated heterocycles. The van der Waals surface area contributed by atoms with E-state index in [-0.39, 0.29) is 11.1 Å². The van der Waals surface area contributed by atoms with E-state index in [0.29, 0.717) is 0 Å². The fourth-order valence-corrected chi connectivity index (χ4v) is 1.97. The second-order valence-corrected chi connectivity index (χ2v) is 5.03. The third kappa shape index (κ3) is 2.17. The van der Waals surface area contributed by atoms with Crippen LogP contribution in [0.15, 0.2) is 29.3 Å². The number of hydrogen-bond acceptors (Lipinski definition) is 3. The lowest BCUT2D eigenvalue weighted by Crippen LogP contribution is -2.20. The standard InChI is InChI=1S/C14H17NO2/c1-13(2,17-3)11-5-4-6-12(9-11)14(7-8-14)15-10-16/h4-6,9H,7-8H2,1-3H3. The number of ether oxygens (including phenoxy) is 1. The summed E-state index contributed by atoms with van der Waals surface area (Å²) in [5.41, 5.74) is 1.56. The number of rotatable bonds is 4. The molecule has 90 valence electrons. The molecule has 0 radical (unpaired) electrons. The van der Waals surface area contributed by atoms with Gasteiger partial charge in [0.1, 0.15) is 0 Å². The minimum absolute atomic E-state index is 0.304. The molecule has 1 aromatic rings. The first-order valence-corrected chi connectivity index (χ1v) is 5.79. The van der Waals surface area contributed by atoms with Crippen molar-refractivity contribution in [1.82, 2.24) is 0 Å². The summed E-state index contributed by atoms with van der Waals surface area (Å²) in [6, 6.07) is 8.12. The van der Waals surface area contributed by atoms with Crippen LogP contribution in [0.5, 0.6) is 0 Å². The van der Waals surface area contributed by atoms with Gasteiger partial charge in [-0.25, -0.2) is 4.79 Å². The summed E-state index contributed by atoms with van der Waals surface area (Å²) in [4.78, 5) is 14.4. The summed E-state index contributed by atoms with van der Waals surface area (Å²) < 4.78 is 5.46. The van der Waals surface area contributed by atoms with Crippen molar-refractivity contribution in [2.75, 3.05) is 7.11 Å². The summed E-state index contributed by atoms with van der Waals surface area (Å²) in [5.74, 6) is 0. The van der Waals surface area contributed by atoms with E-state index in [1.807, 2.05) is 32.0 Å². The highest BCUT2D eigenvalue weighted by Gasteiger charge is 2.45. The van der Waals surface area contributed by atoms with E-state index >= 15 is 0 Å². The number of benzene rings is 1. The van der Waals surface area contributed by atoms with Crippen LogP contribution in [0.3, 0.4) is 0 Å². The molecule has 0 atom stereocenters. The van der Waals surface area contributed by atoms with Gasteiger partial charge in [0.25, 0.3) is 0 Å². The van der Waals surface area contributed by atoms with E-state index in [1.165, 1.54) is 0 Å². The van der Waals surface area contributed by atoms with Gasteiger partial charge < -0.3 is 4.74 Å². The molecule has 0 aliphatic heterocycles. The number of methoxy groups -OCH3 is 1. The molecule has 0 amide bonds. The van der Waals surface area contributed by atoms with E-state index in [4.69, 9.17) is 4.74 Å². The minimum Gasteiger partial charge on any atom is -0.374 e. The molecular formula is C14H17NO2. The van der Waals surface area contributed by atoms with Crippen molar-refractivity contribution in [3.05, 3.63) is 35.4 Å². The third-order valence-electron chi connectivity index (χ3n) is 3.59. The molecule has 17 heavy (non-hydrogen) atoms. The van der Waals surface area contributed by atoms with Crippen LogP contribution in [-0.2, 0) is 20.7 Å². The molecule has 0 N–H and O–H groups in total. The molecule has 0 aromatic heterocycles. The average molecular weight is 231 g/mol. The Morgan fingerprint density at radius 1 is 1.41 bits per heavy atom. The Bertz CT molecular complexity index is 469. The summed E-state index contributed by atoms with van der Waals surface area (Å²) >= 11 is 0. The number of hydrogen-bond donors (Lipinski definition) is 0. The van der Waals surface area contributed by atoms with Gasteiger partial charge in [-0.2, -0.15) is 4.99 Å². The minimum atomic E-state index is -0.322. The lowest BCUT2D eigenvalue weighted by Gasteiger charge is -2.24. The Hall–Kier alpha value is -1.44. The molecule has 0 unspecified atom stereocenters. The number of nitrogens with zero attached hydrogens (tertiary/aromatic N) is 1. The normalized spacial score (nSPS) is 17.4. The highest BCUT2D eigenvalue weighted by Crippen LogP contribution is 2.49. The van der Waals surface area contributed by atoms with E-state index in [9.17, 15) is 4.79 Å². The number of carbonyl (C=O) groups excluding carboxylic acids is 1. The van der Waals surface area contributed by atoms with Crippen molar-refractivity contribution in [2.24, 2.45) is 4.99 Å². The summed E-state index contributed by atoms with van der Waals surface area (Å²) in [5, 5.41) is 0. The van der Waals surface area contributed by atoms with Gasteiger partial charge in [0.2, 0.25) is 6.08 Å². The molecule has 0 spiro atoms. The zero-order valence-electron chi connectivity index (χ0n) is 10.5. The quantitative estimate of drug-likeness (QED) is 0.590. The van der Waals surface area contributed by atoms with Gasteiger partial charge in [-0.05, 0) is 37.8 Å².